The first-order valence-electron chi connectivity index (χ1n) is 6.60. The summed E-state index contributed by atoms with van der Waals surface area (Å²) in [6.45, 7) is 2.76. The van der Waals surface area contributed by atoms with Crippen molar-refractivity contribution in [1.29, 1.82) is 0 Å². The molecule has 0 unspecified atom stereocenters. The quantitative estimate of drug-likeness (QED) is 0.930. The monoisotopic (exact) mass is 275 g/mol. The van der Waals surface area contributed by atoms with E-state index >= 15 is 0 Å². The Labute approximate surface area is 116 Å². The summed E-state index contributed by atoms with van der Waals surface area (Å²) in [5.41, 5.74) is 1.37. The van der Waals surface area contributed by atoms with Crippen molar-refractivity contribution in [3.05, 3.63) is 40.1 Å². The van der Waals surface area contributed by atoms with Gasteiger partial charge in [-0.25, -0.2) is 4.98 Å². The normalized spacial score (nSPS) is 15.2. The number of nitrogens with zero attached hydrogens (tertiary/aromatic N) is 2. The van der Waals surface area contributed by atoms with E-state index in [-0.39, 0.29) is 11.9 Å². The van der Waals surface area contributed by atoms with E-state index in [2.05, 4.69) is 16.4 Å². The van der Waals surface area contributed by atoms with E-state index in [1.165, 1.54) is 16.9 Å². The zero-order chi connectivity index (χ0) is 13.2. The molecule has 0 aliphatic heterocycles. The van der Waals surface area contributed by atoms with Crippen LogP contribution < -0.4 is 5.32 Å². The minimum absolute atomic E-state index is 0.0482. The summed E-state index contributed by atoms with van der Waals surface area (Å²) in [7, 11) is 0. The molecule has 1 atom stereocenters. The van der Waals surface area contributed by atoms with Gasteiger partial charge in [-0.1, -0.05) is 0 Å². The minimum Gasteiger partial charge on any atom is -0.347 e. The van der Waals surface area contributed by atoms with E-state index < -0.39 is 0 Å². The number of nitrogens with one attached hydrogen (secondary N) is 1. The topological polar surface area (TPSA) is 46.9 Å². The number of hydrogen-bond donors (Lipinski definition) is 1. The molecule has 0 fully saturated rings. The fourth-order valence-electron chi connectivity index (χ4n) is 2.49. The molecule has 2 aromatic heterocycles. The zero-order valence-corrected chi connectivity index (χ0v) is 11.7. The van der Waals surface area contributed by atoms with E-state index in [0.717, 1.165) is 24.3 Å². The fourth-order valence-corrected chi connectivity index (χ4v) is 3.65. The van der Waals surface area contributed by atoms with Gasteiger partial charge in [-0.2, -0.15) is 0 Å². The van der Waals surface area contributed by atoms with Gasteiger partial charge in [-0.05, 0) is 37.8 Å². The van der Waals surface area contributed by atoms with E-state index in [1.807, 2.05) is 17.7 Å². The molecule has 5 heteroatoms. The van der Waals surface area contributed by atoms with E-state index in [1.54, 1.807) is 23.9 Å². The van der Waals surface area contributed by atoms with Gasteiger partial charge in [0.25, 0.3) is 5.91 Å². The van der Waals surface area contributed by atoms with E-state index in [9.17, 15) is 4.79 Å². The minimum atomic E-state index is 0.0482. The van der Waals surface area contributed by atoms with Gasteiger partial charge in [0, 0.05) is 29.9 Å². The number of aromatic nitrogens is 2. The highest BCUT2D eigenvalue weighted by Crippen LogP contribution is 2.30. The van der Waals surface area contributed by atoms with Gasteiger partial charge in [0.15, 0.2) is 0 Å². The molecule has 4 nitrogen and oxygen atoms in total. The van der Waals surface area contributed by atoms with Gasteiger partial charge in [-0.3, -0.25) is 4.79 Å². The highest BCUT2D eigenvalue weighted by atomic mass is 32.1. The van der Waals surface area contributed by atoms with Crippen LogP contribution in [-0.4, -0.2) is 21.5 Å². The maximum atomic E-state index is 12.2. The Hall–Kier alpha value is -1.62. The average Bonchev–Trinajstić information content (AvgIpc) is 3.02. The van der Waals surface area contributed by atoms with Crippen molar-refractivity contribution in [2.75, 3.05) is 0 Å². The summed E-state index contributed by atoms with van der Waals surface area (Å²) in [5, 5.41) is 3.05. The van der Waals surface area contributed by atoms with Gasteiger partial charge in [-0.15, -0.1) is 11.3 Å². The first-order chi connectivity index (χ1) is 9.22. The summed E-state index contributed by atoms with van der Waals surface area (Å²) >= 11 is 1.65. The third-order valence-corrected chi connectivity index (χ3v) is 4.63. The van der Waals surface area contributed by atoms with Crippen LogP contribution in [0.4, 0.5) is 0 Å². The molecule has 0 saturated heterocycles. The van der Waals surface area contributed by atoms with Gasteiger partial charge in [0.05, 0.1) is 11.2 Å². The Bertz CT molecular complexity index is 552. The molecule has 1 N–H and O–H groups in total. The standard InChI is InChI=1S/C14H17N3OS/c1-10(8-17-6-5-15-9-17)16-14(18)13-7-11-3-2-4-12(11)19-13/h5-7,9-10H,2-4,8H2,1H3,(H,16,18)/t10-/m1/s1. The van der Waals surface area contributed by atoms with E-state index in [4.69, 9.17) is 0 Å². The zero-order valence-electron chi connectivity index (χ0n) is 10.9. The number of aryl methyl sites for hydroxylation is 2. The van der Waals surface area contributed by atoms with Crippen LogP contribution in [0.3, 0.4) is 0 Å². The Morgan fingerprint density at radius 2 is 2.47 bits per heavy atom. The highest BCUT2D eigenvalue weighted by Gasteiger charge is 2.19. The second-order valence-electron chi connectivity index (χ2n) is 5.05. The summed E-state index contributed by atoms with van der Waals surface area (Å²) in [6, 6.07) is 2.16. The van der Waals surface area contributed by atoms with Crippen molar-refractivity contribution >= 4 is 17.2 Å². The maximum absolute atomic E-state index is 12.2. The summed E-state index contributed by atoms with van der Waals surface area (Å²) in [6.07, 6.45) is 8.92. The molecule has 2 aromatic rings. The van der Waals surface area contributed by atoms with Crippen molar-refractivity contribution in [2.45, 2.75) is 38.8 Å². The fraction of sp³-hybridized carbons (Fsp3) is 0.429. The molecule has 1 aliphatic carbocycles. The lowest BCUT2D eigenvalue weighted by Gasteiger charge is -2.13. The number of carbonyl (C=O) groups excluding carboxylic acids is 1. The molecule has 2 heterocycles. The number of carbonyl (C=O) groups is 1. The molecule has 100 valence electrons. The maximum Gasteiger partial charge on any atom is 0.261 e. The second kappa shape index (κ2) is 5.17. The molecule has 0 aromatic carbocycles. The third-order valence-electron chi connectivity index (χ3n) is 3.39. The summed E-state index contributed by atoms with van der Waals surface area (Å²) in [5.74, 6) is 0.0482. The van der Waals surface area contributed by atoms with Crippen molar-refractivity contribution in [1.82, 2.24) is 14.9 Å². The third kappa shape index (κ3) is 2.71. The van der Waals surface area contributed by atoms with Crippen molar-refractivity contribution in [3.63, 3.8) is 0 Å². The molecule has 0 radical (unpaired) electrons. The van der Waals surface area contributed by atoms with Gasteiger partial charge in [0.2, 0.25) is 0 Å². The summed E-state index contributed by atoms with van der Waals surface area (Å²) < 4.78 is 1.97. The predicted octanol–water partition coefficient (Wildman–Crippen LogP) is 2.25. The average molecular weight is 275 g/mol. The molecular formula is C14H17N3OS. The lowest BCUT2D eigenvalue weighted by atomic mass is 10.2. The second-order valence-corrected chi connectivity index (χ2v) is 6.18. The molecule has 3 rings (SSSR count). The first-order valence-corrected chi connectivity index (χ1v) is 7.42. The summed E-state index contributed by atoms with van der Waals surface area (Å²) in [4.78, 5) is 18.4. The Morgan fingerprint density at radius 3 is 3.21 bits per heavy atom. The molecule has 0 spiro atoms. The number of rotatable bonds is 4. The lowest BCUT2D eigenvalue weighted by Crippen LogP contribution is -2.35. The number of imidazole rings is 1. The number of amides is 1. The van der Waals surface area contributed by atoms with Crippen LogP contribution in [0.15, 0.2) is 24.8 Å². The Morgan fingerprint density at radius 1 is 1.58 bits per heavy atom. The molecule has 1 amide bonds. The molecular weight excluding hydrogens is 258 g/mol. The molecule has 19 heavy (non-hydrogen) atoms. The molecule has 1 aliphatic rings. The largest absolute Gasteiger partial charge is 0.347 e. The van der Waals surface area contributed by atoms with Crippen LogP contribution in [0.1, 0.15) is 33.5 Å². The van der Waals surface area contributed by atoms with Gasteiger partial charge < -0.3 is 9.88 Å². The SMILES string of the molecule is C[C@H](Cn1ccnc1)NC(=O)c1cc2c(s1)CCC2. The van der Waals surface area contributed by atoms with Crippen LogP contribution in [0, 0.1) is 0 Å². The molecule has 0 saturated carbocycles. The Kier molecular flexibility index (Phi) is 3.38. The smallest absolute Gasteiger partial charge is 0.261 e. The van der Waals surface area contributed by atoms with Crippen molar-refractivity contribution < 1.29 is 4.79 Å². The predicted molar refractivity (Wildman–Crippen MR) is 75.5 cm³/mol. The van der Waals surface area contributed by atoms with Crippen LogP contribution in [0.5, 0.6) is 0 Å². The number of hydrogen-bond acceptors (Lipinski definition) is 3. The highest BCUT2D eigenvalue weighted by molar-refractivity contribution is 7.14. The van der Waals surface area contributed by atoms with Crippen LogP contribution in [0.25, 0.3) is 0 Å². The molecule has 0 bridgehead atoms. The van der Waals surface area contributed by atoms with Crippen molar-refractivity contribution in [3.8, 4) is 0 Å². The van der Waals surface area contributed by atoms with E-state index in [0.29, 0.717) is 0 Å². The van der Waals surface area contributed by atoms with Crippen LogP contribution >= 0.6 is 11.3 Å². The lowest BCUT2D eigenvalue weighted by molar-refractivity contribution is 0.0941. The van der Waals surface area contributed by atoms with Crippen molar-refractivity contribution in [2.24, 2.45) is 0 Å². The number of fused-ring (bicyclic) bond motifs is 1. The van der Waals surface area contributed by atoms with Crippen LogP contribution in [0.2, 0.25) is 0 Å². The first kappa shape index (κ1) is 12.4. The number of thiophene rings is 1. The Balaban J connectivity index is 1.61. The van der Waals surface area contributed by atoms with Gasteiger partial charge >= 0.3 is 0 Å². The van der Waals surface area contributed by atoms with Crippen LogP contribution in [-0.2, 0) is 19.4 Å². The van der Waals surface area contributed by atoms with Gasteiger partial charge in [0.1, 0.15) is 0 Å².